The third-order valence-electron chi connectivity index (χ3n) is 5.02. The van der Waals surface area contributed by atoms with Gasteiger partial charge in [-0.05, 0) is 18.9 Å². The molecule has 10 heteroatoms. The van der Waals surface area contributed by atoms with Crippen LogP contribution in [-0.2, 0) is 47.7 Å². The zero-order valence-corrected chi connectivity index (χ0v) is 19.0. The van der Waals surface area contributed by atoms with Gasteiger partial charge in [0, 0.05) is 39.7 Å². The molecule has 0 radical (unpaired) electrons. The fraction of sp³-hybridized carbons (Fsp3) is 0.565. The van der Waals surface area contributed by atoms with Gasteiger partial charge in [0.1, 0.15) is 18.7 Å². The van der Waals surface area contributed by atoms with Crippen molar-refractivity contribution in [3.05, 3.63) is 29.4 Å². The zero-order chi connectivity index (χ0) is 24.5. The molecule has 0 aromatic rings. The Morgan fingerprint density at radius 3 is 1.94 bits per heavy atom. The molecule has 1 aliphatic heterocycles. The van der Waals surface area contributed by atoms with Crippen molar-refractivity contribution in [1.29, 1.82) is 0 Å². The van der Waals surface area contributed by atoms with E-state index in [-0.39, 0.29) is 6.61 Å². The van der Waals surface area contributed by atoms with Crippen LogP contribution < -0.4 is 0 Å². The van der Waals surface area contributed by atoms with E-state index >= 15 is 0 Å². The third kappa shape index (κ3) is 8.00. The summed E-state index contributed by atoms with van der Waals surface area (Å²) in [5, 5.41) is 0. The molecule has 1 aliphatic carbocycles. The van der Waals surface area contributed by atoms with Crippen LogP contribution >= 0.6 is 0 Å². The summed E-state index contributed by atoms with van der Waals surface area (Å²) >= 11 is 0. The molecule has 0 amide bonds. The fourth-order valence-corrected chi connectivity index (χ4v) is 3.71. The quantitative estimate of drug-likeness (QED) is 0.296. The Labute approximate surface area is 191 Å². The van der Waals surface area contributed by atoms with Gasteiger partial charge in [-0.3, -0.25) is 19.2 Å². The van der Waals surface area contributed by atoms with E-state index in [2.05, 4.69) is 0 Å². The number of hydrogen-bond donors (Lipinski definition) is 0. The molecule has 33 heavy (non-hydrogen) atoms. The summed E-state index contributed by atoms with van der Waals surface area (Å²) < 4.78 is 27.3. The molecule has 0 aromatic carbocycles. The van der Waals surface area contributed by atoms with Gasteiger partial charge in [-0.1, -0.05) is 17.7 Å². The van der Waals surface area contributed by atoms with Crippen LogP contribution in [0.25, 0.3) is 0 Å². The predicted octanol–water partition coefficient (Wildman–Crippen LogP) is 1.54. The molecular formula is C23H28O10. The summed E-state index contributed by atoms with van der Waals surface area (Å²) in [7, 11) is 0. The Hall–Kier alpha value is -3.23. The van der Waals surface area contributed by atoms with Crippen LogP contribution in [-0.4, -0.2) is 66.9 Å². The maximum absolute atomic E-state index is 11.8. The Balaban J connectivity index is 2.32. The van der Waals surface area contributed by atoms with E-state index in [1.165, 1.54) is 27.7 Å². The SMILES string of the molecule is CC(=O)OCC1OC(CCC2=CCC(=C=O)C=C2)C(OC(C)=O)C(OC(C)=O)C1OC(C)=O. The van der Waals surface area contributed by atoms with Crippen LogP contribution in [0.2, 0.25) is 0 Å². The van der Waals surface area contributed by atoms with E-state index in [1.807, 2.05) is 12.0 Å². The average molecular weight is 464 g/mol. The molecule has 0 aromatic heterocycles. The smallest absolute Gasteiger partial charge is 0.303 e. The summed E-state index contributed by atoms with van der Waals surface area (Å²) in [5.74, 6) is -0.702. The van der Waals surface area contributed by atoms with Gasteiger partial charge in [-0.25, -0.2) is 4.79 Å². The molecule has 2 aliphatic rings. The number of carbonyl (C=O) groups excluding carboxylic acids is 5. The molecule has 5 atom stereocenters. The van der Waals surface area contributed by atoms with E-state index in [9.17, 15) is 24.0 Å². The van der Waals surface area contributed by atoms with Crippen LogP contribution in [0.15, 0.2) is 29.4 Å². The van der Waals surface area contributed by atoms with Crippen molar-refractivity contribution < 1.29 is 47.7 Å². The number of allylic oxidation sites excluding steroid dienone is 5. The van der Waals surface area contributed by atoms with Crippen molar-refractivity contribution in [3.63, 3.8) is 0 Å². The van der Waals surface area contributed by atoms with E-state index in [0.717, 1.165) is 5.57 Å². The maximum atomic E-state index is 11.8. The van der Waals surface area contributed by atoms with Gasteiger partial charge in [0.05, 0.1) is 6.10 Å². The van der Waals surface area contributed by atoms with Gasteiger partial charge in [0.2, 0.25) is 0 Å². The van der Waals surface area contributed by atoms with Gasteiger partial charge in [-0.15, -0.1) is 0 Å². The molecule has 1 fully saturated rings. The van der Waals surface area contributed by atoms with E-state index in [4.69, 9.17) is 23.7 Å². The van der Waals surface area contributed by atoms with Crippen LogP contribution in [0.5, 0.6) is 0 Å². The molecule has 0 saturated carbocycles. The molecule has 5 unspecified atom stereocenters. The lowest BCUT2D eigenvalue weighted by Crippen LogP contribution is -2.62. The Kier molecular flexibility index (Phi) is 9.57. The van der Waals surface area contributed by atoms with Crippen molar-refractivity contribution in [2.45, 2.75) is 77.5 Å². The molecule has 10 nitrogen and oxygen atoms in total. The Morgan fingerprint density at radius 1 is 0.879 bits per heavy atom. The predicted molar refractivity (Wildman–Crippen MR) is 112 cm³/mol. The van der Waals surface area contributed by atoms with Crippen LogP contribution in [0.1, 0.15) is 47.0 Å². The Morgan fingerprint density at radius 2 is 1.45 bits per heavy atom. The van der Waals surface area contributed by atoms with Gasteiger partial charge >= 0.3 is 23.9 Å². The van der Waals surface area contributed by atoms with E-state index in [1.54, 1.807) is 12.2 Å². The molecule has 180 valence electrons. The second kappa shape index (κ2) is 12.1. The van der Waals surface area contributed by atoms with Gasteiger partial charge in [0.15, 0.2) is 18.3 Å². The molecular weight excluding hydrogens is 436 g/mol. The molecule has 2 rings (SSSR count). The first-order chi connectivity index (χ1) is 15.6. The first kappa shape index (κ1) is 26.0. The summed E-state index contributed by atoms with van der Waals surface area (Å²) in [6.45, 7) is 4.51. The van der Waals surface area contributed by atoms with E-state index in [0.29, 0.717) is 24.8 Å². The number of carbonyl (C=O) groups is 4. The minimum absolute atomic E-state index is 0.259. The number of hydrogen-bond acceptors (Lipinski definition) is 10. The summed E-state index contributed by atoms with van der Waals surface area (Å²) in [6, 6.07) is 0. The Bertz CT molecular complexity index is 880. The van der Waals surface area contributed by atoms with Crippen molar-refractivity contribution in [1.82, 2.24) is 0 Å². The summed E-state index contributed by atoms with van der Waals surface area (Å²) in [4.78, 5) is 57.5. The molecule has 1 heterocycles. The lowest BCUT2D eigenvalue weighted by molar-refractivity contribution is -0.253. The standard InChI is InChI=1S/C23H28O10/c1-13(25)29-12-20-22(31-15(3)27)23(32-16(4)28)21(30-14(2)26)19(33-20)10-9-17-5-7-18(11-24)8-6-17/h5-7,19-23H,8-10,12H2,1-4H3. The van der Waals surface area contributed by atoms with Crippen molar-refractivity contribution in [2.75, 3.05) is 6.61 Å². The second-order valence-electron chi connectivity index (χ2n) is 7.72. The zero-order valence-electron chi connectivity index (χ0n) is 19.0. The normalized spacial score (nSPS) is 26.5. The number of rotatable bonds is 8. The molecule has 0 spiro atoms. The fourth-order valence-electron chi connectivity index (χ4n) is 3.71. The second-order valence-corrected chi connectivity index (χ2v) is 7.72. The van der Waals surface area contributed by atoms with Crippen molar-refractivity contribution >= 4 is 29.8 Å². The monoisotopic (exact) mass is 464 g/mol. The summed E-state index contributed by atoms with van der Waals surface area (Å²) in [5.41, 5.74) is 1.47. The van der Waals surface area contributed by atoms with Gasteiger partial charge in [-0.2, -0.15) is 0 Å². The maximum Gasteiger partial charge on any atom is 0.303 e. The van der Waals surface area contributed by atoms with Crippen molar-refractivity contribution in [2.24, 2.45) is 0 Å². The first-order valence-electron chi connectivity index (χ1n) is 10.5. The highest BCUT2D eigenvalue weighted by Crippen LogP contribution is 2.32. The summed E-state index contributed by atoms with van der Waals surface area (Å²) in [6.07, 6.45) is 1.51. The molecule has 0 bridgehead atoms. The highest BCUT2D eigenvalue weighted by Gasteiger charge is 2.51. The lowest BCUT2D eigenvalue weighted by atomic mass is 9.90. The topological polar surface area (TPSA) is 132 Å². The highest BCUT2D eigenvalue weighted by atomic mass is 16.7. The minimum atomic E-state index is -1.17. The molecule has 1 saturated heterocycles. The minimum Gasteiger partial charge on any atom is -0.463 e. The lowest BCUT2D eigenvalue weighted by Gasteiger charge is -2.44. The van der Waals surface area contributed by atoms with Crippen LogP contribution in [0, 0.1) is 0 Å². The first-order valence-corrected chi connectivity index (χ1v) is 10.5. The van der Waals surface area contributed by atoms with Crippen LogP contribution in [0.4, 0.5) is 0 Å². The van der Waals surface area contributed by atoms with E-state index < -0.39 is 54.4 Å². The van der Waals surface area contributed by atoms with Crippen LogP contribution in [0.3, 0.4) is 0 Å². The van der Waals surface area contributed by atoms with Crippen molar-refractivity contribution in [3.8, 4) is 0 Å². The number of esters is 4. The average Bonchev–Trinajstić information content (AvgIpc) is 2.73. The van der Waals surface area contributed by atoms with Gasteiger partial charge in [0.25, 0.3) is 0 Å². The largest absolute Gasteiger partial charge is 0.463 e. The highest BCUT2D eigenvalue weighted by molar-refractivity contribution is 5.68. The molecule has 0 N–H and O–H groups in total. The third-order valence-corrected chi connectivity index (χ3v) is 5.02. The number of ether oxygens (including phenoxy) is 5. The van der Waals surface area contributed by atoms with Gasteiger partial charge < -0.3 is 23.7 Å².